The first kappa shape index (κ1) is 12.6. The average molecular weight is 340 g/mol. The maximum Gasteiger partial charge on any atom is 0.228 e. The number of hydrogen-bond acceptors (Lipinski definition) is 2. The van der Waals surface area contributed by atoms with Gasteiger partial charge in [0.15, 0.2) is 0 Å². The SMILES string of the molecule is CC(=O)C(Br)c1ccc(OCF)cc1Br. The first-order valence-corrected chi connectivity index (χ1v) is 5.90. The number of Topliss-reactive ketones (excluding diaryl/α,β-unsaturated/α-hetero) is 1. The number of benzene rings is 1. The number of alkyl halides is 2. The van der Waals surface area contributed by atoms with Gasteiger partial charge in [-0.3, -0.25) is 4.79 Å². The molecule has 1 aromatic carbocycles. The topological polar surface area (TPSA) is 26.3 Å². The Kier molecular flexibility index (Phi) is 4.73. The Balaban J connectivity index is 2.97. The lowest BCUT2D eigenvalue weighted by atomic mass is 10.1. The highest BCUT2D eigenvalue weighted by Crippen LogP contribution is 2.32. The van der Waals surface area contributed by atoms with Gasteiger partial charge in [0.1, 0.15) is 11.5 Å². The Hall–Kier alpha value is -0.420. The van der Waals surface area contributed by atoms with Crippen LogP contribution in [0.5, 0.6) is 5.75 Å². The van der Waals surface area contributed by atoms with Crippen LogP contribution in [0.25, 0.3) is 0 Å². The van der Waals surface area contributed by atoms with Crippen LogP contribution in [-0.4, -0.2) is 12.6 Å². The molecule has 0 aliphatic carbocycles. The lowest BCUT2D eigenvalue weighted by molar-refractivity contribution is -0.116. The standard InChI is InChI=1S/C10H9Br2FO2/c1-6(14)10(12)8-3-2-7(15-5-13)4-9(8)11/h2-4,10H,5H2,1H3. The van der Waals surface area contributed by atoms with Crippen LogP contribution in [0.15, 0.2) is 22.7 Å². The van der Waals surface area contributed by atoms with Gasteiger partial charge in [-0.1, -0.05) is 37.9 Å². The maximum absolute atomic E-state index is 11.9. The summed E-state index contributed by atoms with van der Waals surface area (Å²) in [6.07, 6.45) is 0. The summed E-state index contributed by atoms with van der Waals surface area (Å²) < 4.78 is 17.3. The zero-order chi connectivity index (χ0) is 11.4. The Morgan fingerprint density at radius 1 is 1.60 bits per heavy atom. The van der Waals surface area contributed by atoms with E-state index in [0.717, 1.165) is 5.56 Å². The van der Waals surface area contributed by atoms with Gasteiger partial charge in [0.2, 0.25) is 6.86 Å². The van der Waals surface area contributed by atoms with Crippen molar-refractivity contribution in [2.75, 3.05) is 6.86 Å². The van der Waals surface area contributed by atoms with Gasteiger partial charge in [0.25, 0.3) is 0 Å². The molecule has 82 valence electrons. The molecule has 1 rings (SSSR count). The number of ketones is 1. The third-order valence-corrected chi connectivity index (χ3v) is 3.65. The lowest BCUT2D eigenvalue weighted by Crippen LogP contribution is -2.02. The second-order valence-corrected chi connectivity index (χ2v) is 4.68. The highest BCUT2D eigenvalue weighted by Gasteiger charge is 2.15. The summed E-state index contributed by atoms with van der Waals surface area (Å²) in [7, 11) is 0. The number of halogens is 3. The first-order chi connectivity index (χ1) is 7.06. The summed E-state index contributed by atoms with van der Waals surface area (Å²) in [5.41, 5.74) is 0.800. The lowest BCUT2D eigenvalue weighted by Gasteiger charge is -2.10. The van der Waals surface area contributed by atoms with Gasteiger partial charge >= 0.3 is 0 Å². The van der Waals surface area contributed by atoms with E-state index in [1.165, 1.54) is 6.92 Å². The molecule has 0 N–H and O–H groups in total. The van der Waals surface area contributed by atoms with Gasteiger partial charge in [-0.15, -0.1) is 0 Å². The van der Waals surface area contributed by atoms with Crippen LogP contribution in [-0.2, 0) is 4.79 Å². The van der Waals surface area contributed by atoms with Crippen molar-refractivity contribution in [2.24, 2.45) is 0 Å². The summed E-state index contributed by atoms with van der Waals surface area (Å²) in [5.74, 6) is 0.436. The number of carbonyl (C=O) groups excluding carboxylic acids is 1. The quantitative estimate of drug-likeness (QED) is 0.780. The van der Waals surface area contributed by atoms with Crippen LogP contribution in [0.1, 0.15) is 17.3 Å². The second kappa shape index (κ2) is 5.61. The van der Waals surface area contributed by atoms with E-state index in [-0.39, 0.29) is 10.6 Å². The van der Waals surface area contributed by atoms with Crippen LogP contribution >= 0.6 is 31.9 Å². The Bertz CT molecular complexity index is 368. The summed E-state index contributed by atoms with van der Waals surface area (Å²) in [5, 5.41) is 0. The van der Waals surface area contributed by atoms with Gasteiger partial charge in [-0.05, 0) is 24.6 Å². The molecule has 2 nitrogen and oxygen atoms in total. The van der Waals surface area contributed by atoms with Crippen LogP contribution < -0.4 is 4.74 Å². The highest BCUT2D eigenvalue weighted by atomic mass is 79.9. The van der Waals surface area contributed by atoms with E-state index in [1.54, 1.807) is 18.2 Å². The molecule has 1 unspecified atom stereocenters. The van der Waals surface area contributed by atoms with Crippen molar-refractivity contribution in [3.63, 3.8) is 0 Å². The van der Waals surface area contributed by atoms with Crippen LogP contribution in [0.4, 0.5) is 4.39 Å². The van der Waals surface area contributed by atoms with E-state index >= 15 is 0 Å². The number of ether oxygens (including phenoxy) is 1. The predicted molar refractivity (Wildman–Crippen MR) is 63.1 cm³/mol. The normalized spacial score (nSPS) is 12.3. The minimum absolute atomic E-state index is 0.00913. The molecule has 15 heavy (non-hydrogen) atoms. The fraction of sp³-hybridized carbons (Fsp3) is 0.300. The molecule has 0 aliphatic heterocycles. The number of rotatable bonds is 4. The van der Waals surface area contributed by atoms with Gasteiger partial charge in [0, 0.05) is 4.47 Å². The van der Waals surface area contributed by atoms with Crippen LogP contribution in [0.3, 0.4) is 0 Å². The molecule has 0 fully saturated rings. The van der Waals surface area contributed by atoms with Crippen LogP contribution in [0.2, 0.25) is 0 Å². The van der Waals surface area contributed by atoms with E-state index in [9.17, 15) is 9.18 Å². The van der Waals surface area contributed by atoms with Crippen molar-refractivity contribution in [3.8, 4) is 5.75 Å². The van der Waals surface area contributed by atoms with Gasteiger partial charge in [-0.25, -0.2) is 4.39 Å². The molecular formula is C10H9Br2FO2. The van der Waals surface area contributed by atoms with Gasteiger partial charge < -0.3 is 4.74 Å². The monoisotopic (exact) mass is 338 g/mol. The molecule has 0 aromatic heterocycles. The minimum atomic E-state index is -0.865. The third kappa shape index (κ3) is 3.28. The Morgan fingerprint density at radius 2 is 2.27 bits per heavy atom. The zero-order valence-corrected chi connectivity index (χ0v) is 11.1. The van der Waals surface area contributed by atoms with E-state index < -0.39 is 6.86 Å². The molecule has 1 aromatic rings. The second-order valence-electron chi connectivity index (χ2n) is 2.91. The predicted octanol–water partition coefficient (Wildman–Crippen LogP) is 3.78. The molecule has 0 heterocycles. The minimum Gasteiger partial charge on any atom is -0.463 e. The molecular weight excluding hydrogens is 331 g/mol. The van der Waals surface area contributed by atoms with Crippen LogP contribution in [0, 0.1) is 0 Å². The van der Waals surface area contributed by atoms with E-state index in [2.05, 4.69) is 36.6 Å². The molecule has 0 aliphatic rings. The van der Waals surface area contributed by atoms with E-state index in [4.69, 9.17) is 0 Å². The fourth-order valence-electron chi connectivity index (χ4n) is 1.09. The first-order valence-electron chi connectivity index (χ1n) is 4.19. The van der Waals surface area contributed by atoms with Crippen molar-refractivity contribution < 1.29 is 13.9 Å². The molecule has 5 heteroatoms. The van der Waals surface area contributed by atoms with Crippen molar-refractivity contribution in [3.05, 3.63) is 28.2 Å². The summed E-state index contributed by atoms with van der Waals surface area (Å²) in [6, 6.07) is 4.97. The molecule has 0 amide bonds. The van der Waals surface area contributed by atoms with Gasteiger partial charge in [-0.2, -0.15) is 0 Å². The third-order valence-electron chi connectivity index (χ3n) is 1.82. The Labute approximate surface area is 104 Å². The van der Waals surface area contributed by atoms with Crippen molar-refractivity contribution in [1.82, 2.24) is 0 Å². The molecule has 0 saturated carbocycles. The smallest absolute Gasteiger partial charge is 0.228 e. The van der Waals surface area contributed by atoms with Crippen molar-refractivity contribution >= 4 is 37.6 Å². The fourth-order valence-corrected chi connectivity index (χ4v) is 2.38. The van der Waals surface area contributed by atoms with E-state index in [1.807, 2.05) is 0 Å². The molecule has 0 radical (unpaired) electrons. The molecule has 1 atom stereocenters. The largest absolute Gasteiger partial charge is 0.463 e. The number of carbonyl (C=O) groups is 1. The summed E-state index contributed by atoms with van der Waals surface area (Å²) in [4.78, 5) is 10.8. The summed E-state index contributed by atoms with van der Waals surface area (Å²) >= 11 is 6.57. The molecule has 0 bridgehead atoms. The average Bonchev–Trinajstić information content (AvgIpc) is 2.17. The Morgan fingerprint density at radius 3 is 2.73 bits per heavy atom. The number of hydrogen-bond donors (Lipinski definition) is 0. The molecule has 0 saturated heterocycles. The van der Waals surface area contributed by atoms with Gasteiger partial charge in [0.05, 0.1) is 4.83 Å². The highest BCUT2D eigenvalue weighted by molar-refractivity contribution is 9.11. The van der Waals surface area contributed by atoms with E-state index in [0.29, 0.717) is 10.2 Å². The van der Waals surface area contributed by atoms with Crippen molar-refractivity contribution in [2.45, 2.75) is 11.8 Å². The summed E-state index contributed by atoms with van der Waals surface area (Å²) in [6.45, 7) is 0.633. The van der Waals surface area contributed by atoms with Crippen molar-refractivity contribution in [1.29, 1.82) is 0 Å². The molecule has 0 spiro atoms. The maximum atomic E-state index is 11.9. The zero-order valence-electron chi connectivity index (χ0n) is 7.97.